The zero-order valence-corrected chi connectivity index (χ0v) is 13.1. The standard InChI is InChI=1S/C16H21ClF3N/c1-10(2)11-6-8-12(9-7-11)21-15-13(16(18,19)20)4-3-5-14(15)17/h3-5,10-12,21H,6-9H2,1-2H3. The summed E-state index contributed by atoms with van der Waals surface area (Å²) >= 11 is 5.97. The van der Waals surface area contributed by atoms with Crippen molar-refractivity contribution in [3.63, 3.8) is 0 Å². The number of benzene rings is 1. The summed E-state index contributed by atoms with van der Waals surface area (Å²) in [7, 11) is 0. The quantitative estimate of drug-likeness (QED) is 0.722. The number of nitrogens with one attached hydrogen (secondary N) is 1. The van der Waals surface area contributed by atoms with Crippen molar-refractivity contribution in [1.82, 2.24) is 0 Å². The molecule has 1 N–H and O–H groups in total. The zero-order valence-electron chi connectivity index (χ0n) is 12.3. The van der Waals surface area contributed by atoms with E-state index in [-0.39, 0.29) is 16.8 Å². The molecule has 0 heterocycles. The zero-order chi connectivity index (χ0) is 15.6. The number of para-hydroxylation sites is 1. The molecule has 0 radical (unpaired) electrons. The molecule has 118 valence electrons. The van der Waals surface area contributed by atoms with Crippen LogP contribution < -0.4 is 5.32 Å². The van der Waals surface area contributed by atoms with E-state index in [2.05, 4.69) is 19.2 Å². The lowest BCUT2D eigenvalue weighted by molar-refractivity contribution is -0.137. The van der Waals surface area contributed by atoms with E-state index < -0.39 is 11.7 Å². The van der Waals surface area contributed by atoms with Gasteiger partial charge in [-0.15, -0.1) is 0 Å². The Morgan fingerprint density at radius 2 is 1.76 bits per heavy atom. The molecule has 1 aliphatic carbocycles. The molecule has 0 amide bonds. The molecule has 1 nitrogen and oxygen atoms in total. The minimum absolute atomic E-state index is 0.0275. The van der Waals surface area contributed by atoms with Crippen molar-refractivity contribution in [2.45, 2.75) is 51.7 Å². The van der Waals surface area contributed by atoms with E-state index in [9.17, 15) is 13.2 Å². The maximum absolute atomic E-state index is 13.1. The van der Waals surface area contributed by atoms with Crippen molar-refractivity contribution in [2.24, 2.45) is 11.8 Å². The van der Waals surface area contributed by atoms with Crippen molar-refractivity contribution >= 4 is 17.3 Å². The molecule has 1 aromatic carbocycles. The van der Waals surface area contributed by atoms with Crippen LogP contribution in [0.15, 0.2) is 18.2 Å². The fourth-order valence-electron chi connectivity index (χ4n) is 3.04. The third-order valence-corrected chi connectivity index (χ3v) is 4.70. The smallest absolute Gasteiger partial charge is 0.381 e. The molecule has 2 rings (SSSR count). The molecule has 0 atom stereocenters. The van der Waals surface area contributed by atoms with Crippen LogP contribution in [0, 0.1) is 11.8 Å². The van der Waals surface area contributed by atoms with Crippen LogP contribution in [-0.4, -0.2) is 6.04 Å². The highest BCUT2D eigenvalue weighted by Gasteiger charge is 2.35. The van der Waals surface area contributed by atoms with E-state index in [1.165, 1.54) is 12.1 Å². The summed E-state index contributed by atoms with van der Waals surface area (Å²) in [5, 5.41) is 3.17. The Bertz CT molecular complexity index is 477. The Morgan fingerprint density at radius 1 is 1.14 bits per heavy atom. The first kappa shape index (κ1) is 16.5. The van der Waals surface area contributed by atoms with E-state index in [0.717, 1.165) is 31.7 Å². The highest BCUT2D eigenvalue weighted by molar-refractivity contribution is 6.33. The second-order valence-electron chi connectivity index (χ2n) is 6.16. The van der Waals surface area contributed by atoms with Gasteiger partial charge in [0, 0.05) is 6.04 Å². The van der Waals surface area contributed by atoms with Crippen LogP contribution in [0.3, 0.4) is 0 Å². The summed E-state index contributed by atoms with van der Waals surface area (Å²) in [5.74, 6) is 1.31. The molecule has 1 fully saturated rings. The molecule has 5 heteroatoms. The summed E-state index contributed by atoms with van der Waals surface area (Å²) in [5.41, 5.74) is -0.652. The summed E-state index contributed by atoms with van der Waals surface area (Å²) < 4.78 is 39.2. The lowest BCUT2D eigenvalue weighted by Crippen LogP contribution is -2.29. The molecule has 0 spiro atoms. The van der Waals surface area contributed by atoms with Crippen molar-refractivity contribution in [3.05, 3.63) is 28.8 Å². The largest absolute Gasteiger partial charge is 0.418 e. The van der Waals surface area contributed by atoms with Gasteiger partial charge in [0.2, 0.25) is 0 Å². The molecule has 21 heavy (non-hydrogen) atoms. The third-order valence-electron chi connectivity index (χ3n) is 4.38. The first-order valence-corrected chi connectivity index (χ1v) is 7.79. The lowest BCUT2D eigenvalue weighted by Gasteiger charge is -2.32. The summed E-state index contributed by atoms with van der Waals surface area (Å²) in [6, 6.07) is 3.99. The molecule has 0 aliphatic heterocycles. The van der Waals surface area contributed by atoms with Gasteiger partial charge in [0.15, 0.2) is 0 Å². The average molecular weight is 320 g/mol. The molecule has 0 unspecified atom stereocenters. The molecular formula is C16H21ClF3N. The first-order valence-electron chi connectivity index (χ1n) is 7.41. The SMILES string of the molecule is CC(C)C1CCC(Nc2c(Cl)cccc2C(F)(F)F)CC1. The van der Waals surface area contributed by atoms with Gasteiger partial charge in [-0.05, 0) is 49.7 Å². The van der Waals surface area contributed by atoms with E-state index in [1.807, 2.05) is 0 Å². The number of rotatable bonds is 3. The fourth-order valence-corrected chi connectivity index (χ4v) is 3.27. The number of hydrogen-bond donors (Lipinski definition) is 1. The number of anilines is 1. The maximum Gasteiger partial charge on any atom is 0.418 e. The van der Waals surface area contributed by atoms with Crippen LogP contribution in [0.25, 0.3) is 0 Å². The maximum atomic E-state index is 13.1. The van der Waals surface area contributed by atoms with Crippen LogP contribution in [0.2, 0.25) is 5.02 Å². The summed E-state index contributed by atoms with van der Waals surface area (Å²) in [4.78, 5) is 0. The van der Waals surface area contributed by atoms with Crippen molar-refractivity contribution in [1.29, 1.82) is 0 Å². The molecule has 1 aliphatic rings. The van der Waals surface area contributed by atoms with Gasteiger partial charge in [0.1, 0.15) is 0 Å². The van der Waals surface area contributed by atoms with Gasteiger partial charge in [0.25, 0.3) is 0 Å². The monoisotopic (exact) mass is 319 g/mol. The van der Waals surface area contributed by atoms with Crippen LogP contribution in [0.4, 0.5) is 18.9 Å². The highest BCUT2D eigenvalue weighted by Crippen LogP contribution is 2.40. The van der Waals surface area contributed by atoms with Gasteiger partial charge in [-0.2, -0.15) is 13.2 Å². The summed E-state index contributed by atoms with van der Waals surface area (Å²) in [6.07, 6.45) is -0.485. The van der Waals surface area contributed by atoms with Crippen molar-refractivity contribution < 1.29 is 13.2 Å². The van der Waals surface area contributed by atoms with Gasteiger partial charge in [-0.3, -0.25) is 0 Å². The second-order valence-corrected chi connectivity index (χ2v) is 6.57. The van der Waals surface area contributed by atoms with Crippen molar-refractivity contribution in [3.8, 4) is 0 Å². The number of hydrogen-bond acceptors (Lipinski definition) is 1. The summed E-state index contributed by atoms with van der Waals surface area (Å²) in [6.45, 7) is 4.41. The third kappa shape index (κ3) is 4.06. The van der Waals surface area contributed by atoms with E-state index >= 15 is 0 Å². The molecule has 0 bridgehead atoms. The van der Waals surface area contributed by atoms with Crippen molar-refractivity contribution in [2.75, 3.05) is 5.32 Å². The molecule has 1 aromatic rings. The Kier molecular flexibility index (Phi) is 5.07. The Balaban J connectivity index is 2.11. The van der Waals surface area contributed by atoms with Gasteiger partial charge in [0.05, 0.1) is 16.3 Å². The molecule has 0 saturated heterocycles. The van der Waals surface area contributed by atoms with Gasteiger partial charge < -0.3 is 5.32 Å². The number of alkyl halides is 3. The van der Waals surface area contributed by atoms with Gasteiger partial charge >= 0.3 is 6.18 Å². The fraction of sp³-hybridized carbons (Fsp3) is 0.625. The van der Waals surface area contributed by atoms with Crippen LogP contribution >= 0.6 is 11.6 Å². The van der Waals surface area contributed by atoms with Gasteiger partial charge in [-0.25, -0.2) is 0 Å². The Morgan fingerprint density at radius 3 is 2.29 bits per heavy atom. The highest BCUT2D eigenvalue weighted by atomic mass is 35.5. The van der Waals surface area contributed by atoms with E-state index in [0.29, 0.717) is 11.8 Å². The molecular weight excluding hydrogens is 299 g/mol. The van der Waals surface area contributed by atoms with Crippen LogP contribution in [0.5, 0.6) is 0 Å². The predicted molar refractivity (Wildman–Crippen MR) is 80.7 cm³/mol. The van der Waals surface area contributed by atoms with E-state index in [1.54, 1.807) is 0 Å². The van der Waals surface area contributed by atoms with Gasteiger partial charge in [-0.1, -0.05) is 31.5 Å². The van der Waals surface area contributed by atoms with E-state index in [4.69, 9.17) is 11.6 Å². The van der Waals surface area contributed by atoms with Crippen LogP contribution in [0.1, 0.15) is 45.1 Å². The first-order chi connectivity index (χ1) is 9.79. The Hall–Kier alpha value is -0.900. The normalized spacial score (nSPS) is 23.4. The second kappa shape index (κ2) is 6.47. The topological polar surface area (TPSA) is 12.0 Å². The molecule has 0 aromatic heterocycles. The predicted octanol–water partition coefficient (Wildman–Crippen LogP) is 5.99. The minimum atomic E-state index is -4.39. The molecule has 1 saturated carbocycles. The lowest BCUT2D eigenvalue weighted by atomic mass is 9.79. The number of halogens is 4. The average Bonchev–Trinajstić information content (AvgIpc) is 2.40. The van der Waals surface area contributed by atoms with Crippen LogP contribution in [-0.2, 0) is 6.18 Å². The minimum Gasteiger partial charge on any atom is -0.381 e. The Labute approximate surface area is 128 Å².